The zero-order chi connectivity index (χ0) is 23.9. The van der Waals surface area contributed by atoms with E-state index in [0.717, 1.165) is 11.1 Å². The lowest BCUT2D eigenvalue weighted by molar-refractivity contribution is 0.0503. The van der Waals surface area contributed by atoms with Crippen molar-refractivity contribution in [3.8, 4) is 11.5 Å². The summed E-state index contributed by atoms with van der Waals surface area (Å²) in [5.41, 5.74) is 0.826. The number of alkyl carbamates (subject to hydrolysis) is 1. The molecule has 2 aromatic rings. The molecule has 2 aromatic carbocycles. The second-order valence-corrected chi connectivity index (χ2v) is 9.73. The number of phenolic OH excluding ortho intramolecular Hbond substituents is 1. The smallest absolute Gasteiger partial charge is 0.412 e. The molecule has 0 aliphatic heterocycles. The van der Waals surface area contributed by atoms with E-state index in [0.29, 0.717) is 12.2 Å². The molecule has 174 valence electrons. The lowest BCUT2D eigenvalue weighted by atomic mass is 9.85. The standard InChI is InChI=1S/C25H34N2O5/c1-24(2,3)20-15-17(12-13-21(20)28)14-18(27-23(30)32-25(4,5)6)16-26-22(29)31-19-10-8-7-9-11-19/h7-13,15,18,28H,14,16H2,1-6H3,(H,26,29)(H,27,30). The van der Waals surface area contributed by atoms with Crippen molar-refractivity contribution in [3.63, 3.8) is 0 Å². The summed E-state index contributed by atoms with van der Waals surface area (Å²) in [6.45, 7) is 11.5. The summed E-state index contributed by atoms with van der Waals surface area (Å²) in [6, 6.07) is 13.6. The van der Waals surface area contributed by atoms with E-state index in [-0.39, 0.29) is 17.7 Å². The Morgan fingerprint density at radius 3 is 2.22 bits per heavy atom. The zero-order valence-electron chi connectivity index (χ0n) is 19.7. The lowest BCUT2D eigenvalue weighted by Gasteiger charge is -2.25. The Kier molecular flexibility index (Phi) is 8.14. The Morgan fingerprint density at radius 1 is 0.969 bits per heavy atom. The monoisotopic (exact) mass is 442 g/mol. The molecule has 0 bridgehead atoms. The third kappa shape index (κ3) is 8.49. The van der Waals surface area contributed by atoms with Crippen molar-refractivity contribution in [3.05, 3.63) is 59.7 Å². The number of hydrogen-bond acceptors (Lipinski definition) is 5. The average molecular weight is 443 g/mol. The van der Waals surface area contributed by atoms with E-state index < -0.39 is 23.8 Å². The van der Waals surface area contributed by atoms with Crippen LogP contribution >= 0.6 is 0 Å². The first-order valence-electron chi connectivity index (χ1n) is 10.7. The molecular weight excluding hydrogens is 408 g/mol. The number of phenols is 1. The van der Waals surface area contributed by atoms with Crippen LogP contribution in [0.4, 0.5) is 9.59 Å². The van der Waals surface area contributed by atoms with E-state index in [1.807, 2.05) is 32.9 Å². The molecule has 0 saturated heterocycles. The van der Waals surface area contributed by atoms with Gasteiger partial charge in [-0.15, -0.1) is 0 Å². The van der Waals surface area contributed by atoms with E-state index in [2.05, 4.69) is 10.6 Å². The van der Waals surface area contributed by atoms with Crippen LogP contribution in [0.25, 0.3) is 0 Å². The zero-order valence-corrected chi connectivity index (χ0v) is 19.7. The molecule has 0 saturated carbocycles. The van der Waals surface area contributed by atoms with E-state index in [4.69, 9.17) is 9.47 Å². The summed E-state index contributed by atoms with van der Waals surface area (Å²) in [5, 5.41) is 15.7. The van der Waals surface area contributed by atoms with Crippen LogP contribution in [-0.2, 0) is 16.6 Å². The highest BCUT2D eigenvalue weighted by Gasteiger charge is 2.23. The topological polar surface area (TPSA) is 96.9 Å². The molecule has 0 radical (unpaired) electrons. The highest BCUT2D eigenvalue weighted by atomic mass is 16.6. The highest BCUT2D eigenvalue weighted by molar-refractivity contribution is 5.71. The van der Waals surface area contributed by atoms with Gasteiger partial charge in [-0.25, -0.2) is 9.59 Å². The first-order valence-corrected chi connectivity index (χ1v) is 10.7. The largest absolute Gasteiger partial charge is 0.508 e. The minimum absolute atomic E-state index is 0.136. The van der Waals surface area contributed by atoms with Crippen LogP contribution in [0.5, 0.6) is 11.5 Å². The summed E-state index contributed by atoms with van der Waals surface area (Å²) in [5.74, 6) is 0.650. The molecule has 0 spiro atoms. The molecule has 0 aliphatic rings. The fourth-order valence-electron chi connectivity index (χ4n) is 3.08. The van der Waals surface area contributed by atoms with Crippen LogP contribution in [0, 0.1) is 0 Å². The highest BCUT2D eigenvalue weighted by Crippen LogP contribution is 2.31. The number of benzene rings is 2. The number of ether oxygens (including phenoxy) is 2. The molecule has 32 heavy (non-hydrogen) atoms. The Balaban J connectivity index is 2.11. The lowest BCUT2D eigenvalue weighted by Crippen LogP contribution is -2.47. The van der Waals surface area contributed by atoms with Crippen molar-refractivity contribution in [1.29, 1.82) is 0 Å². The number of rotatable bonds is 6. The molecule has 0 aliphatic carbocycles. The summed E-state index contributed by atoms with van der Waals surface area (Å²) in [7, 11) is 0. The minimum Gasteiger partial charge on any atom is -0.508 e. The Hall–Kier alpha value is -3.22. The maximum Gasteiger partial charge on any atom is 0.412 e. The van der Waals surface area contributed by atoms with Gasteiger partial charge in [0, 0.05) is 6.54 Å². The van der Waals surface area contributed by atoms with Gasteiger partial charge in [0.1, 0.15) is 17.1 Å². The molecule has 2 rings (SSSR count). The SMILES string of the molecule is CC(C)(C)OC(=O)NC(CNC(=O)Oc1ccccc1)Cc1ccc(O)c(C(C)(C)C)c1. The molecule has 3 N–H and O–H groups in total. The molecule has 1 unspecified atom stereocenters. The van der Waals surface area contributed by atoms with Crippen LogP contribution < -0.4 is 15.4 Å². The normalized spacial score (nSPS) is 12.6. The number of carbonyl (C=O) groups is 2. The second-order valence-electron chi connectivity index (χ2n) is 9.73. The summed E-state index contributed by atoms with van der Waals surface area (Å²) in [6.07, 6.45) is -0.766. The molecular formula is C25H34N2O5. The Morgan fingerprint density at radius 2 is 1.62 bits per heavy atom. The molecule has 7 heteroatoms. The van der Waals surface area contributed by atoms with Gasteiger partial charge in [0.05, 0.1) is 6.04 Å². The molecule has 0 fully saturated rings. The third-order valence-corrected chi connectivity index (χ3v) is 4.52. The van der Waals surface area contributed by atoms with Crippen molar-refractivity contribution in [2.45, 2.75) is 65.0 Å². The first-order chi connectivity index (χ1) is 14.8. The number of carbonyl (C=O) groups excluding carboxylic acids is 2. The minimum atomic E-state index is -0.647. The second kappa shape index (κ2) is 10.4. The Bertz CT molecular complexity index is 914. The van der Waals surface area contributed by atoms with Crippen molar-refractivity contribution >= 4 is 12.2 Å². The first kappa shape index (κ1) is 25.0. The van der Waals surface area contributed by atoms with Gasteiger partial charge in [-0.3, -0.25) is 0 Å². The maximum absolute atomic E-state index is 12.4. The maximum atomic E-state index is 12.4. The van der Waals surface area contributed by atoms with E-state index in [1.54, 1.807) is 57.2 Å². The van der Waals surface area contributed by atoms with Gasteiger partial charge < -0.3 is 25.2 Å². The molecule has 0 heterocycles. The van der Waals surface area contributed by atoms with Gasteiger partial charge in [0.25, 0.3) is 0 Å². The quantitative estimate of drug-likeness (QED) is 0.590. The number of aromatic hydroxyl groups is 1. The van der Waals surface area contributed by atoms with Crippen molar-refractivity contribution in [2.75, 3.05) is 6.54 Å². The molecule has 1 atom stereocenters. The molecule has 0 aromatic heterocycles. The third-order valence-electron chi connectivity index (χ3n) is 4.52. The average Bonchev–Trinajstić information content (AvgIpc) is 2.66. The van der Waals surface area contributed by atoms with Crippen LogP contribution in [-0.4, -0.2) is 35.5 Å². The van der Waals surface area contributed by atoms with Gasteiger partial charge >= 0.3 is 12.2 Å². The van der Waals surface area contributed by atoms with Crippen LogP contribution in [0.2, 0.25) is 0 Å². The molecule has 7 nitrogen and oxygen atoms in total. The van der Waals surface area contributed by atoms with Gasteiger partial charge in [-0.1, -0.05) is 51.1 Å². The van der Waals surface area contributed by atoms with Gasteiger partial charge in [-0.05, 0) is 61.9 Å². The number of hydrogen-bond donors (Lipinski definition) is 3. The fraction of sp³-hybridized carbons (Fsp3) is 0.440. The van der Waals surface area contributed by atoms with Crippen LogP contribution in [0.3, 0.4) is 0 Å². The number of para-hydroxylation sites is 1. The number of amides is 2. The van der Waals surface area contributed by atoms with Crippen molar-refractivity contribution < 1.29 is 24.2 Å². The van der Waals surface area contributed by atoms with Crippen molar-refractivity contribution in [2.24, 2.45) is 0 Å². The van der Waals surface area contributed by atoms with Crippen LogP contribution in [0.1, 0.15) is 52.7 Å². The van der Waals surface area contributed by atoms with Gasteiger partial charge in [0.15, 0.2) is 0 Å². The van der Waals surface area contributed by atoms with Gasteiger partial charge in [0.2, 0.25) is 0 Å². The van der Waals surface area contributed by atoms with Crippen LogP contribution in [0.15, 0.2) is 48.5 Å². The van der Waals surface area contributed by atoms with E-state index in [1.165, 1.54) is 0 Å². The Labute approximate surface area is 190 Å². The predicted molar refractivity (Wildman–Crippen MR) is 124 cm³/mol. The summed E-state index contributed by atoms with van der Waals surface area (Å²) >= 11 is 0. The fourth-order valence-corrected chi connectivity index (χ4v) is 3.08. The van der Waals surface area contributed by atoms with Crippen molar-refractivity contribution in [1.82, 2.24) is 10.6 Å². The summed E-state index contributed by atoms with van der Waals surface area (Å²) < 4.78 is 10.6. The van der Waals surface area contributed by atoms with Gasteiger partial charge in [-0.2, -0.15) is 0 Å². The molecule has 2 amide bonds. The van der Waals surface area contributed by atoms with E-state index in [9.17, 15) is 14.7 Å². The summed E-state index contributed by atoms with van der Waals surface area (Å²) in [4.78, 5) is 24.6. The predicted octanol–water partition coefficient (Wildman–Crippen LogP) is 4.91. The van der Waals surface area contributed by atoms with E-state index >= 15 is 0 Å². The number of nitrogens with one attached hydrogen (secondary N) is 2.